The maximum Gasteiger partial charge on any atom is 0.0148 e. The largest absolute Gasteiger partial charge is 0.313 e. The Morgan fingerprint density at radius 1 is 1.07 bits per heavy atom. The smallest absolute Gasteiger partial charge is 0.0148 e. The summed E-state index contributed by atoms with van der Waals surface area (Å²) in [7, 11) is 0. The molecule has 2 aliphatic rings. The van der Waals surface area contributed by atoms with Crippen LogP contribution in [-0.4, -0.2) is 17.4 Å². The number of hydrogen-bond donors (Lipinski definition) is 1. The number of halogens is 1. The van der Waals surface area contributed by atoms with Crippen molar-refractivity contribution in [2.24, 2.45) is 17.8 Å². The predicted octanol–water partition coefficient (Wildman–Crippen LogP) is 3.57. The first-order valence-electron chi connectivity index (χ1n) is 6.56. The van der Waals surface area contributed by atoms with Crippen LogP contribution in [0.5, 0.6) is 0 Å². The second-order valence-corrected chi connectivity index (χ2v) is 6.95. The third kappa shape index (κ3) is 2.76. The lowest BCUT2D eigenvalue weighted by Crippen LogP contribution is -2.48. The van der Waals surface area contributed by atoms with Gasteiger partial charge in [-0.3, -0.25) is 0 Å². The van der Waals surface area contributed by atoms with Crippen molar-refractivity contribution in [3.05, 3.63) is 0 Å². The number of piperidine rings is 1. The highest BCUT2D eigenvalue weighted by atomic mass is 79.9. The Bertz CT molecular complexity index is 207. The van der Waals surface area contributed by atoms with Gasteiger partial charge in [-0.1, -0.05) is 29.8 Å². The van der Waals surface area contributed by atoms with E-state index in [0.29, 0.717) is 0 Å². The molecule has 2 rings (SSSR count). The standard InChI is InChI=1S/C13H24BrN/c1-9-4-3-7-15-13(9)12-6-5-11(14)8-10(12)2/h9-13,15H,3-8H2,1-2H3. The average molecular weight is 274 g/mol. The summed E-state index contributed by atoms with van der Waals surface area (Å²) in [6.07, 6.45) is 6.97. The molecule has 0 aromatic rings. The van der Waals surface area contributed by atoms with Crippen LogP contribution in [-0.2, 0) is 0 Å². The molecule has 1 aliphatic heterocycles. The summed E-state index contributed by atoms with van der Waals surface area (Å²) < 4.78 is 0. The van der Waals surface area contributed by atoms with Crippen molar-refractivity contribution < 1.29 is 0 Å². The summed E-state index contributed by atoms with van der Waals surface area (Å²) >= 11 is 3.77. The van der Waals surface area contributed by atoms with Gasteiger partial charge < -0.3 is 5.32 Å². The molecule has 2 fully saturated rings. The molecule has 0 bridgehead atoms. The van der Waals surface area contributed by atoms with Crippen LogP contribution in [0.1, 0.15) is 46.0 Å². The zero-order valence-electron chi connectivity index (χ0n) is 10.0. The van der Waals surface area contributed by atoms with Crippen molar-refractivity contribution in [1.82, 2.24) is 5.32 Å². The van der Waals surface area contributed by atoms with Crippen molar-refractivity contribution in [3.8, 4) is 0 Å². The minimum atomic E-state index is 0.780. The van der Waals surface area contributed by atoms with Gasteiger partial charge in [-0.25, -0.2) is 0 Å². The normalized spacial score (nSPS) is 47.8. The van der Waals surface area contributed by atoms with E-state index < -0.39 is 0 Å². The Kier molecular flexibility index (Phi) is 4.11. The van der Waals surface area contributed by atoms with E-state index in [9.17, 15) is 0 Å². The van der Waals surface area contributed by atoms with Gasteiger partial charge in [0.15, 0.2) is 0 Å². The molecule has 1 N–H and O–H groups in total. The SMILES string of the molecule is CC1CC(Br)CCC1C1NCCCC1C. The van der Waals surface area contributed by atoms with Gasteiger partial charge in [-0.05, 0) is 56.4 Å². The Morgan fingerprint density at radius 3 is 2.53 bits per heavy atom. The maximum atomic E-state index is 3.77. The zero-order valence-corrected chi connectivity index (χ0v) is 11.6. The van der Waals surface area contributed by atoms with E-state index in [1.165, 1.54) is 38.6 Å². The summed E-state index contributed by atoms with van der Waals surface area (Å²) in [5.74, 6) is 2.70. The molecule has 1 heterocycles. The van der Waals surface area contributed by atoms with Gasteiger partial charge in [0.2, 0.25) is 0 Å². The first-order chi connectivity index (χ1) is 7.18. The molecule has 5 atom stereocenters. The predicted molar refractivity (Wildman–Crippen MR) is 69.4 cm³/mol. The van der Waals surface area contributed by atoms with E-state index in [2.05, 4.69) is 35.1 Å². The van der Waals surface area contributed by atoms with Crippen LogP contribution in [0.15, 0.2) is 0 Å². The molecule has 0 aromatic heterocycles. The molecule has 15 heavy (non-hydrogen) atoms. The lowest BCUT2D eigenvalue weighted by Gasteiger charge is -2.42. The summed E-state index contributed by atoms with van der Waals surface area (Å²) in [6.45, 7) is 6.13. The zero-order chi connectivity index (χ0) is 10.8. The monoisotopic (exact) mass is 273 g/mol. The first kappa shape index (κ1) is 11.9. The lowest BCUT2D eigenvalue weighted by atomic mass is 9.71. The second-order valence-electron chi connectivity index (χ2n) is 5.65. The van der Waals surface area contributed by atoms with Gasteiger partial charge in [0.1, 0.15) is 0 Å². The van der Waals surface area contributed by atoms with E-state index >= 15 is 0 Å². The summed E-state index contributed by atoms with van der Waals surface area (Å²) in [5, 5.41) is 3.77. The van der Waals surface area contributed by atoms with E-state index in [1.54, 1.807) is 0 Å². The van der Waals surface area contributed by atoms with Gasteiger partial charge in [-0.2, -0.15) is 0 Å². The average Bonchev–Trinajstić information content (AvgIpc) is 2.20. The Balaban J connectivity index is 1.96. The van der Waals surface area contributed by atoms with Crippen molar-refractivity contribution in [1.29, 1.82) is 0 Å². The molecule has 1 nitrogen and oxygen atoms in total. The molecule has 0 amide bonds. The molecule has 88 valence electrons. The van der Waals surface area contributed by atoms with Crippen molar-refractivity contribution in [2.45, 2.75) is 56.8 Å². The molecule has 0 spiro atoms. The van der Waals surface area contributed by atoms with E-state index in [0.717, 1.165) is 28.6 Å². The van der Waals surface area contributed by atoms with E-state index in [-0.39, 0.29) is 0 Å². The van der Waals surface area contributed by atoms with Crippen molar-refractivity contribution in [3.63, 3.8) is 0 Å². The minimum Gasteiger partial charge on any atom is -0.313 e. The Labute approximate surface area is 103 Å². The van der Waals surface area contributed by atoms with Gasteiger partial charge >= 0.3 is 0 Å². The number of nitrogens with one attached hydrogen (secondary N) is 1. The third-order valence-corrected chi connectivity index (χ3v) is 5.29. The molecule has 2 heteroatoms. The minimum absolute atomic E-state index is 0.780. The number of alkyl halides is 1. The molecule has 0 aromatic carbocycles. The van der Waals surface area contributed by atoms with Crippen LogP contribution in [0.2, 0.25) is 0 Å². The molecule has 1 saturated heterocycles. The van der Waals surface area contributed by atoms with Gasteiger partial charge in [0.05, 0.1) is 0 Å². The quantitative estimate of drug-likeness (QED) is 0.721. The maximum absolute atomic E-state index is 3.77. The Hall–Kier alpha value is 0.440. The summed E-state index contributed by atoms with van der Waals surface area (Å²) in [4.78, 5) is 0.780. The van der Waals surface area contributed by atoms with Crippen LogP contribution < -0.4 is 5.32 Å². The van der Waals surface area contributed by atoms with Gasteiger partial charge in [-0.15, -0.1) is 0 Å². The molecule has 1 aliphatic carbocycles. The summed E-state index contributed by atoms with van der Waals surface area (Å²) in [6, 6.07) is 0.800. The van der Waals surface area contributed by atoms with Crippen LogP contribution in [0.25, 0.3) is 0 Å². The summed E-state index contributed by atoms with van der Waals surface area (Å²) in [5.41, 5.74) is 0. The number of hydrogen-bond acceptors (Lipinski definition) is 1. The lowest BCUT2D eigenvalue weighted by molar-refractivity contribution is 0.138. The number of rotatable bonds is 1. The van der Waals surface area contributed by atoms with Crippen LogP contribution in [0.4, 0.5) is 0 Å². The van der Waals surface area contributed by atoms with Crippen molar-refractivity contribution >= 4 is 15.9 Å². The molecular weight excluding hydrogens is 250 g/mol. The van der Waals surface area contributed by atoms with Gasteiger partial charge in [0.25, 0.3) is 0 Å². The van der Waals surface area contributed by atoms with Crippen molar-refractivity contribution in [2.75, 3.05) is 6.54 Å². The fourth-order valence-corrected chi connectivity index (χ4v) is 4.39. The Morgan fingerprint density at radius 2 is 1.87 bits per heavy atom. The van der Waals surface area contributed by atoms with Crippen LogP contribution in [0.3, 0.4) is 0 Å². The highest BCUT2D eigenvalue weighted by Crippen LogP contribution is 2.38. The second kappa shape index (κ2) is 5.18. The third-order valence-electron chi connectivity index (χ3n) is 4.46. The molecular formula is C13H24BrN. The molecule has 5 unspecified atom stereocenters. The highest BCUT2D eigenvalue weighted by Gasteiger charge is 2.35. The van der Waals surface area contributed by atoms with Gasteiger partial charge in [0, 0.05) is 10.9 Å². The van der Waals surface area contributed by atoms with Crippen LogP contribution in [0, 0.1) is 17.8 Å². The molecule has 1 saturated carbocycles. The van der Waals surface area contributed by atoms with E-state index in [4.69, 9.17) is 0 Å². The fraction of sp³-hybridized carbons (Fsp3) is 1.00. The topological polar surface area (TPSA) is 12.0 Å². The fourth-order valence-electron chi connectivity index (χ4n) is 3.53. The highest BCUT2D eigenvalue weighted by molar-refractivity contribution is 9.09. The molecule has 0 radical (unpaired) electrons. The first-order valence-corrected chi connectivity index (χ1v) is 7.47. The van der Waals surface area contributed by atoms with E-state index in [1.807, 2.05) is 0 Å². The van der Waals surface area contributed by atoms with Crippen LogP contribution >= 0.6 is 15.9 Å².